The van der Waals surface area contributed by atoms with Crippen molar-refractivity contribution in [3.63, 3.8) is 0 Å². The van der Waals surface area contributed by atoms with E-state index in [1.807, 2.05) is 0 Å². The molecule has 0 aliphatic rings. The molecular weight excluding hydrogens is 290 g/mol. The molecule has 8 heteroatoms. The third-order valence-electron chi connectivity index (χ3n) is 2.45. The van der Waals surface area contributed by atoms with E-state index in [9.17, 15) is 19.7 Å². The summed E-state index contributed by atoms with van der Waals surface area (Å²) >= 11 is 0. The number of H-pyrrole nitrogens is 1. The van der Waals surface area contributed by atoms with Crippen LogP contribution in [-0.2, 0) is 4.74 Å². The van der Waals surface area contributed by atoms with Gasteiger partial charge < -0.3 is 15.0 Å². The summed E-state index contributed by atoms with van der Waals surface area (Å²) in [4.78, 5) is 35.1. The molecule has 0 radical (unpaired) electrons. The maximum atomic E-state index is 11.4. The summed E-state index contributed by atoms with van der Waals surface area (Å²) < 4.78 is 5.03. The molecule has 0 saturated heterocycles. The number of nitro groups is 1. The molecule has 0 bridgehead atoms. The first-order valence-electron chi connectivity index (χ1n) is 6.44. The number of ether oxygens (including phenoxy) is 1. The zero-order chi connectivity index (χ0) is 16.9. The van der Waals surface area contributed by atoms with Crippen LogP contribution < -0.4 is 10.9 Å². The topological polar surface area (TPSA) is 114 Å². The highest BCUT2D eigenvalue weighted by atomic mass is 16.6. The molecular formula is C14H17N3O5. The van der Waals surface area contributed by atoms with Gasteiger partial charge in [-0.1, -0.05) is 11.8 Å². The maximum Gasteiger partial charge on any atom is 0.408 e. The van der Waals surface area contributed by atoms with Crippen LogP contribution in [0, 0.1) is 28.9 Å². The Kier molecular flexibility index (Phi) is 5.29. The molecule has 0 aromatic carbocycles. The molecule has 118 valence electrons. The van der Waals surface area contributed by atoms with Crippen molar-refractivity contribution in [3.05, 3.63) is 37.8 Å². The molecule has 1 amide bonds. The molecule has 1 aromatic rings. The number of hydrogen-bond donors (Lipinski definition) is 2. The lowest BCUT2D eigenvalue weighted by Crippen LogP contribution is -2.32. The summed E-state index contributed by atoms with van der Waals surface area (Å²) in [6.45, 7) is 6.67. The molecule has 1 rings (SSSR count). The number of alkyl carbamates (subject to hydrolysis) is 1. The van der Waals surface area contributed by atoms with Crippen LogP contribution in [0.4, 0.5) is 10.5 Å². The lowest BCUT2D eigenvalue weighted by atomic mass is 10.1. The van der Waals surface area contributed by atoms with Crippen molar-refractivity contribution in [1.29, 1.82) is 0 Å². The number of rotatable bonds is 2. The summed E-state index contributed by atoms with van der Waals surface area (Å²) in [7, 11) is 0. The van der Waals surface area contributed by atoms with Gasteiger partial charge >= 0.3 is 17.3 Å². The number of nitrogens with zero attached hydrogens (tertiary/aromatic N) is 1. The van der Waals surface area contributed by atoms with Crippen LogP contribution in [0.3, 0.4) is 0 Å². The van der Waals surface area contributed by atoms with Crippen LogP contribution in [-0.4, -0.2) is 28.1 Å². The zero-order valence-electron chi connectivity index (χ0n) is 12.8. The van der Waals surface area contributed by atoms with Crippen molar-refractivity contribution in [2.24, 2.45) is 0 Å². The van der Waals surface area contributed by atoms with Crippen LogP contribution in [0.25, 0.3) is 0 Å². The van der Waals surface area contributed by atoms with Crippen molar-refractivity contribution in [2.45, 2.75) is 33.3 Å². The number of aromatic amines is 1. The minimum absolute atomic E-state index is 0.0152. The highest BCUT2D eigenvalue weighted by Crippen LogP contribution is 2.14. The Morgan fingerprint density at radius 2 is 2.14 bits per heavy atom. The summed E-state index contributed by atoms with van der Waals surface area (Å²) in [5, 5.41) is 13.2. The molecule has 1 aromatic heterocycles. The van der Waals surface area contributed by atoms with Crippen molar-refractivity contribution in [3.8, 4) is 11.8 Å². The van der Waals surface area contributed by atoms with Crippen LogP contribution in [0.1, 0.15) is 31.9 Å². The number of amides is 1. The predicted molar refractivity (Wildman–Crippen MR) is 79.6 cm³/mol. The summed E-state index contributed by atoms with van der Waals surface area (Å²) in [5.41, 5.74) is -1.42. The van der Waals surface area contributed by atoms with Gasteiger partial charge in [0, 0.05) is 11.8 Å². The Labute approximate surface area is 127 Å². The van der Waals surface area contributed by atoms with E-state index < -0.39 is 27.9 Å². The lowest BCUT2D eigenvalue weighted by Gasteiger charge is -2.19. The number of pyridine rings is 1. The molecule has 22 heavy (non-hydrogen) atoms. The quantitative estimate of drug-likeness (QED) is 0.488. The van der Waals surface area contributed by atoms with Gasteiger partial charge in [0.2, 0.25) is 0 Å². The predicted octanol–water partition coefficient (Wildman–Crippen LogP) is 1.47. The first-order chi connectivity index (χ1) is 10.1. The van der Waals surface area contributed by atoms with Gasteiger partial charge in [0.25, 0.3) is 0 Å². The molecule has 0 aliphatic carbocycles. The Hall–Kier alpha value is -2.82. The van der Waals surface area contributed by atoms with Crippen molar-refractivity contribution >= 4 is 11.8 Å². The third-order valence-corrected chi connectivity index (χ3v) is 2.45. The monoisotopic (exact) mass is 307 g/mol. The Morgan fingerprint density at radius 3 is 2.68 bits per heavy atom. The normalized spacial score (nSPS) is 10.4. The van der Waals surface area contributed by atoms with E-state index in [2.05, 4.69) is 22.1 Å². The van der Waals surface area contributed by atoms with Gasteiger partial charge in [0.1, 0.15) is 5.60 Å². The standard InChI is InChI=1S/C14H17N3O5/c1-9-10(8-16-12(18)11(9)17(20)21)6-5-7-15-13(19)22-14(2,3)4/h8H,7H2,1-4H3,(H,15,19)(H,16,18). The number of nitrogens with one attached hydrogen (secondary N) is 2. The summed E-state index contributed by atoms with van der Waals surface area (Å²) in [5.74, 6) is 5.30. The summed E-state index contributed by atoms with van der Waals surface area (Å²) in [6.07, 6.45) is 0.691. The maximum absolute atomic E-state index is 11.4. The van der Waals surface area contributed by atoms with Gasteiger partial charge in [0.15, 0.2) is 0 Å². The van der Waals surface area contributed by atoms with E-state index in [0.29, 0.717) is 5.56 Å². The molecule has 1 heterocycles. The van der Waals surface area contributed by atoms with Crippen molar-refractivity contribution in [2.75, 3.05) is 6.54 Å². The number of hydrogen-bond acceptors (Lipinski definition) is 5. The van der Waals surface area contributed by atoms with Crippen LogP contribution >= 0.6 is 0 Å². The van der Waals surface area contributed by atoms with Crippen LogP contribution in [0.2, 0.25) is 0 Å². The Morgan fingerprint density at radius 1 is 1.50 bits per heavy atom. The molecule has 0 atom stereocenters. The average molecular weight is 307 g/mol. The average Bonchev–Trinajstić information content (AvgIpc) is 2.34. The minimum Gasteiger partial charge on any atom is -0.444 e. The van der Waals surface area contributed by atoms with E-state index in [0.717, 1.165) is 0 Å². The molecule has 0 aliphatic heterocycles. The molecule has 0 unspecified atom stereocenters. The van der Waals surface area contributed by atoms with Gasteiger partial charge in [0.05, 0.1) is 17.0 Å². The molecule has 2 N–H and O–H groups in total. The van der Waals surface area contributed by atoms with Gasteiger partial charge in [-0.3, -0.25) is 14.9 Å². The largest absolute Gasteiger partial charge is 0.444 e. The summed E-state index contributed by atoms with van der Waals surface area (Å²) in [6, 6.07) is 0. The van der Waals surface area contributed by atoms with Crippen molar-refractivity contribution < 1.29 is 14.5 Å². The van der Waals surface area contributed by atoms with Crippen molar-refractivity contribution in [1.82, 2.24) is 10.3 Å². The van der Waals surface area contributed by atoms with E-state index in [-0.39, 0.29) is 12.1 Å². The van der Waals surface area contributed by atoms with E-state index in [4.69, 9.17) is 4.74 Å². The van der Waals surface area contributed by atoms with Crippen LogP contribution in [0.5, 0.6) is 0 Å². The molecule has 0 fully saturated rings. The molecule has 0 saturated carbocycles. The Bertz CT molecular complexity index is 704. The van der Waals surface area contributed by atoms with Gasteiger partial charge in [-0.25, -0.2) is 4.79 Å². The van der Waals surface area contributed by atoms with Gasteiger partial charge in [-0.2, -0.15) is 0 Å². The number of carbonyl (C=O) groups excluding carboxylic acids is 1. The van der Waals surface area contributed by atoms with Gasteiger partial charge in [-0.05, 0) is 27.7 Å². The first kappa shape index (κ1) is 17.2. The number of aromatic nitrogens is 1. The molecule has 0 spiro atoms. The smallest absolute Gasteiger partial charge is 0.408 e. The van der Waals surface area contributed by atoms with Gasteiger partial charge in [-0.15, -0.1) is 0 Å². The second-order valence-corrected chi connectivity index (χ2v) is 5.42. The minimum atomic E-state index is -0.778. The second-order valence-electron chi connectivity index (χ2n) is 5.42. The van der Waals surface area contributed by atoms with E-state index >= 15 is 0 Å². The first-order valence-corrected chi connectivity index (χ1v) is 6.44. The second kappa shape index (κ2) is 6.76. The van der Waals surface area contributed by atoms with E-state index in [1.165, 1.54) is 13.1 Å². The van der Waals surface area contributed by atoms with E-state index in [1.54, 1.807) is 20.8 Å². The lowest BCUT2D eigenvalue weighted by molar-refractivity contribution is -0.386. The SMILES string of the molecule is Cc1c(C#CCNC(=O)OC(C)(C)C)c[nH]c(=O)c1[N+](=O)[O-]. The Balaban J connectivity index is 2.78. The highest BCUT2D eigenvalue weighted by molar-refractivity contribution is 5.68. The fraction of sp³-hybridized carbons (Fsp3) is 0.429. The highest BCUT2D eigenvalue weighted by Gasteiger charge is 2.18. The fourth-order valence-electron chi connectivity index (χ4n) is 1.53. The number of carbonyl (C=O) groups is 1. The zero-order valence-corrected chi connectivity index (χ0v) is 12.8. The van der Waals surface area contributed by atoms with Crippen LogP contribution in [0.15, 0.2) is 11.0 Å². The third kappa shape index (κ3) is 4.94. The molecule has 8 nitrogen and oxygen atoms in total. The fourth-order valence-corrected chi connectivity index (χ4v) is 1.53.